The number of aromatic nitrogens is 3. The van der Waals surface area contributed by atoms with E-state index in [2.05, 4.69) is 15.0 Å². The molecule has 3 N–H and O–H groups in total. The van der Waals surface area contributed by atoms with Crippen LogP contribution in [-0.2, 0) is 6.61 Å². The zero-order valence-corrected chi connectivity index (χ0v) is 10.6. The minimum Gasteiger partial charge on any atom is -0.486 e. The number of benzene rings is 1. The average molecular weight is 254 g/mol. The molecule has 0 bridgehead atoms. The molecule has 5 heteroatoms. The first-order valence-corrected chi connectivity index (χ1v) is 6.00. The summed E-state index contributed by atoms with van der Waals surface area (Å²) in [5.74, 6) is 1.52. The highest BCUT2D eigenvalue weighted by Gasteiger charge is 2.04. The molecule has 0 unspecified atom stereocenters. The zero-order valence-electron chi connectivity index (χ0n) is 10.6. The second-order valence-corrected chi connectivity index (χ2v) is 4.43. The lowest BCUT2D eigenvalue weighted by Gasteiger charge is -2.03. The standard InChI is InChI=1S/C14H14N4O/c1-9-6-12-14(16-7-9)18-13(17-12)8-19-11-4-2-10(15)3-5-11/h2-7H,8,15H2,1H3,(H,16,17,18). The maximum atomic E-state index is 5.63. The minimum absolute atomic E-state index is 0.374. The van der Waals surface area contributed by atoms with Crippen LogP contribution in [0.3, 0.4) is 0 Å². The van der Waals surface area contributed by atoms with Crippen molar-refractivity contribution in [3.05, 3.63) is 47.9 Å². The molecule has 2 heterocycles. The average Bonchev–Trinajstić information content (AvgIpc) is 2.80. The summed E-state index contributed by atoms with van der Waals surface area (Å²) in [4.78, 5) is 11.8. The molecule has 0 amide bonds. The van der Waals surface area contributed by atoms with Gasteiger partial charge in [-0.1, -0.05) is 0 Å². The molecule has 3 rings (SSSR count). The van der Waals surface area contributed by atoms with E-state index in [9.17, 15) is 0 Å². The Labute approximate surface area is 110 Å². The number of nitrogens with two attached hydrogens (primary N) is 1. The third-order valence-electron chi connectivity index (χ3n) is 2.78. The Bertz CT molecular complexity index is 703. The van der Waals surface area contributed by atoms with Crippen LogP contribution in [0.2, 0.25) is 0 Å². The third-order valence-corrected chi connectivity index (χ3v) is 2.78. The summed E-state index contributed by atoms with van der Waals surface area (Å²) in [6.07, 6.45) is 1.80. The van der Waals surface area contributed by atoms with Crippen LogP contribution in [0.15, 0.2) is 36.5 Å². The quantitative estimate of drug-likeness (QED) is 0.704. The Morgan fingerprint density at radius 1 is 1.26 bits per heavy atom. The SMILES string of the molecule is Cc1cnc2nc(COc3ccc(N)cc3)[nH]c2c1. The maximum Gasteiger partial charge on any atom is 0.177 e. The first-order valence-electron chi connectivity index (χ1n) is 6.00. The van der Waals surface area contributed by atoms with E-state index in [0.717, 1.165) is 28.3 Å². The first-order chi connectivity index (χ1) is 9.20. The Morgan fingerprint density at radius 3 is 2.84 bits per heavy atom. The highest BCUT2D eigenvalue weighted by atomic mass is 16.5. The zero-order chi connectivity index (χ0) is 13.2. The normalized spacial score (nSPS) is 10.8. The highest BCUT2D eigenvalue weighted by molar-refractivity contribution is 5.70. The number of nitrogens with one attached hydrogen (secondary N) is 1. The Kier molecular flexibility index (Phi) is 2.79. The topological polar surface area (TPSA) is 76.8 Å². The number of nitrogen functional groups attached to an aromatic ring is 1. The van der Waals surface area contributed by atoms with Crippen LogP contribution in [0.5, 0.6) is 5.75 Å². The van der Waals surface area contributed by atoms with E-state index in [4.69, 9.17) is 10.5 Å². The molecule has 3 aromatic rings. The summed E-state index contributed by atoms with van der Waals surface area (Å²) < 4.78 is 5.63. The third kappa shape index (κ3) is 2.49. The lowest BCUT2D eigenvalue weighted by Crippen LogP contribution is -1.97. The Morgan fingerprint density at radius 2 is 2.05 bits per heavy atom. The highest BCUT2D eigenvalue weighted by Crippen LogP contribution is 2.15. The molecule has 5 nitrogen and oxygen atoms in total. The van der Waals surface area contributed by atoms with Gasteiger partial charge >= 0.3 is 0 Å². The molecule has 0 radical (unpaired) electrons. The molecule has 0 aliphatic heterocycles. The van der Waals surface area contributed by atoms with Crippen molar-refractivity contribution in [1.82, 2.24) is 15.0 Å². The molecule has 0 fully saturated rings. The molecule has 0 aliphatic carbocycles. The van der Waals surface area contributed by atoms with Crippen molar-refractivity contribution in [2.24, 2.45) is 0 Å². The molecule has 1 aromatic carbocycles. The molecule has 2 aromatic heterocycles. The predicted molar refractivity (Wildman–Crippen MR) is 73.8 cm³/mol. The fourth-order valence-corrected chi connectivity index (χ4v) is 1.84. The number of imidazole rings is 1. The van der Waals surface area contributed by atoms with Gasteiger partial charge in [-0.2, -0.15) is 0 Å². The van der Waals surface area contributed by atoms with Crippen molar-refractivity contribution in [3.8, 4) is 5.75 Å². The van der Waals surface area contributed by atoms with Gasteiger partial charge in [0.25, 0.3) is 0 Å². The van der Waals surface area contributed by atoms with Gasteiger partial charge in [-0.25, -0.2) is 9.97 Å². The summed E-state index contributed by atoms with van der Waals surface area (Å²) in [7, 11) is 0. The fraction of sp³-hybridized carbons (Fsp3) is 0.143. The van der Waals surface area contributed by atoms with Crippen LogP contribution < -0.4 is 10.5 Å². The summed E-state index contributed by atoms with van der Waals surface area (Å²) in [6.45, 7) is 2.37. The molecule has 0 atom stereocenters. The number of ether oxygens (including phenoxy) is 1. The minimum atomic E-state index is 0.374. The molecule has 96 valence electrons. The summed E-state index contributed by atoms with van der Waals surface area (Å²) >= 11 is 0. The van der Waals surface area contributed by atoms with Crippen LogP contribution in [0, 0.1) is 6.92 Å². The number of hydrogen-bond acceptors (Lipinski definition) is 4. The number of H-pyrrole nitrogens is 1. The van der Waals surface area contributed by atoms with E-state index < -0.39 is 0 Å². The molecular formula is C14H14N4O. The first kappa shape index (κ1) is 11.5. The fourth-order valence-electron chi connectivity index (χ4n) is 1.84. The monoisotopic (exact) mass is 254 g/mol. The number of hydrogen-bond donors (Lipinski definition) is 2. The molecule has 0 spiro atoms. The number of fused-ring (bicyclic) bond motifs is 1. The van der Waals surface area contributed by atoms with Gasteiger partial charge in [0.2, 0.25) is 0 Å². The van der Waals surface area contributed by atoms with Crippen LogP contribution in [-0.4, -0.2) is 15.0 Å². The van der Waals surface area contributed by atoms with Gasteiger partial charge < -0.3 is 15.5 Å². The van der Waals surface area contributed by atoms with Crippen molar-refractivity contribution >= 4 is 16.9 Å². The lowest BCUT2D eigenvalue weighted by molar-refractivity contribution is 0.297. The number of pyridine rings is 1. The molecule has 0 aliphatic rings. The van der Waals surface area contributed by atoms with E-state index >= 15 is 0 Å². The van der Waals surface area contributed by atoms with Crippen molar-refractivity contribution in [1.29, 1.82) is 0 Å². The largest absolute Gasteiger partial charge is 0.486 e. The predicted octanol–water partition coefficient (Wildman–Crippen LogP) is 2.43. The van der Waals surface area contributed by atoms with Crippen LogP contribution in [0.25, 0.3) is 11.2 Å². The van der Waals surface area contributed by atoms with E-state index in [1.54, 1.807) is 18.3 Å². The maximum absolute atomic E-state index is 5.63. The summed E-state index contributed by atoms with van der Waals surface area (Å²) in [6, 6.07) is 9.29. The van der Waals surface area contributed by atoms with Gasteiger partial charge in [-0.05, 0) is 42.8 Å². The van der Waals surface area contributed by atoms with E-state index in [1.807, 2.05) is 25.1 Å². The Hall–Kier alpha value is -2.56. The molecule has 19 heavy (non-hydrogen) atoms. The van der Waals surface area contributed by atoms with Crippen LogP contribution in [0.4, 0.5) is 5.69 Å². The van der Waals surface area contributed by atoms with Crippen LogP contribution >= 0.6 is 0 Å². The van der Waals surface area contributed by atoms with E-state index in [0.29, 0.717) is 12.3 Å². The van der Waals surface area contributed by atoms with E-state index in [-0.39, 0.29) is 0 Å². The van der Waals surface area contributed by atoms with Gasteiger partial charge in [0, 0.05) is 11.9 Å². The van der Waals surface area contributed by atoms with Crippen molar-refractivity contribution in [2.75, 3.05) is 5.73 Å². The summed E-state index contributed by atoms with van der Waals surface area (Å²) in [5.41, 5.74) is 9.07. The van der Waals surface area contributed by atoms with Crippen LogP contribution in [0.1, 0.15) is 11.4 Å². The van der Waals surface area contributed by atoms with E-state index in [1.165, 1.54) is 0 Å². The summed E-state index contributed by atoms with van der Waals surface area (Å²) in [5, 5.41) is 0. The van der Waals surface area contributed by atoms with Gasteiger partial charge in [-0.3, -0.25) is 0 Å². The molecule has 0 saturated carbocycles. The van der Waals surface area contributed by atoms with Gasteiger partial charge in [0.1, 0.15) is 18.2 Å². The number of anilines is 1. The molecule has 0 saturated heterocycles. The van der Waals surface area contributed by atoms with Gasteiger partial charge in [0.15, 0.2) is 5.65 Å². The molecular weight excluding hydrogens is 240 g/mol. The smallest absolute Gasteiger partial charge is 0.177 e. The number of aryl methyl sites for hydroxylation is 1. The van der Waals surface area contributed by atoms with Gasteiger partial charge in [0.05, 0.1) is 5.52 Å². The van der Waals surface area contributed by atoms with Crippen molar-refractivity contribution in [2.45, 2.75) is 13.5 Å². The lowest BCUT2D eigenvalue weighted by atomic mass is 10.3. The van der Waals surface area contributed by atoms with Gasteiger partial charge in [-0.15, -0.1) is 0 Å². The number of aromatic amines is 1. The second-order valence-electron chi connectivity index (χ2n) is 4.43. The van der Waals surface area contributed by atoms with Crippen molar-refractivity contribution in [3.63, 3.8) is 0 Å². The van der Waals surface area contributed by atoms with Crippen molar-refractivity contribution < 1.29 is 4.74 Å². The Balaban J connectivity index is 1.76. The number of rotatable bonds is 3. The second kappa shape index (κ2) is 4.61. The number of nitrogens with zero attached hydrogens (tertiary/aromatic N) is 2.